The number of hydrogen-bond donors (Lipinski definition) is 2. The number of carbonyl (C=O) groups is 2. The van der Waals surface area contributed by atoms with E-state index in [1.807, 2.05) is 6.07 Å². The van der Waals surface area contributed by atoms with Gasteiger partial charge in [0.05, 0.1) is 11.7 Å². The van der Waals surface area contributed by atoms with E-state index in [4.69, 9.17) is 0 Å². The fourth-order valence-corrected chi connectivity index (χ4v) is 3.24. The Labute approximate surface area is 156 Å². The Morgan fingerprint density at radius 1 is 1.19 bits per heavy atom. The van der Waals surface area contributed by atoms with E-state index < -0.39 is 29.4 Å². The predicted octanol–water partition coefficient (Wildman–Crippen LogP) is 2.47. The molecular weight excluding hydrogens is 352 g/mol. The van der Waals surface area contributed by atoms with Crippen LogP contribution in [0.3, 0.4) is 0 Å². The molecule has 1 amide bonds. The minimum Gasteiger partial charge on any atom is -0.340 e. The molecule has 2 atom stereocenters. The van der Waals surface area contributed by atoms with Crippen LogP contribution in [0.25, 0.3) is 0 Å². The van der Waals surface area contributed by atoms with E-state index in [1.54, 1.807) is 18.3 Å². The van der Waals surface area contributed by atoms with Crippen LogP contribution in [-0.4, -0.2) is 29.3 Å². The van der Waals surface area contributed by atoms with Gasteiger partial charge in [0.15, 0.2) is 11.6 Å². The van der Waals surface area contributed by atoms with Crippen molar-refractivity contribution in [2.75, 3.05) is 6.54 Å². The van der Waals surface area contributed by atoms with Crippen LogP contribution in [0.15, 0.2) is 42.6 Å². The number of hydrogen-bond acceptors (Lipinski definition) is 4. The second-order valence-electron chi connectivity index (χ2n) is 6.61. The van der Waals surface area contributed by atoms with Gasteiger partial charge < -0.3 is 10.6 Å². The molecule has 0 bridgehead atoms. The first kappa shape index (κ1) is 19.1. The van der Waals surface area contributed by atoms with Gasteiger partial charge in [0.2, 0.25) is 5.78 Å². The number of nitrogens with zero attached hydrogens (tertiary/aromatic N) is 1. The zero-order valence-corrected chi connectivity index (χ0v) is 14.8. The summed E-state index contributed by atoms with van der Waals surface area (Å²) >= 11 is 0. The SMILES string of the molecule is O=C(Cc1ccc(F)c(F)c1)C(=O)NC(c1ccccn1)C1CCCCN1. The number of carbonyl (C=O) groups excluding carboxylic acids is 2. The highest BCUT2D eigenvalue weighted by atomic mass is 19.2. The Morgan fingerprint density at radius 2 is 2.04 bits per heavy atom. The summed E-state index contributed by atoms with van der Waals surface area (Å²) in [7, 11) is 0. The molecule has 1 fully saturated rings. The van der Waals surface area contributed by atoms with Crippen LogP contribution < -0.4 is 10.6 Å². The lowest BCUT2D eigenvalue weighted by Crippen LogP contribution is -2.48. The Kier molecular flexibility index (Phi) is 6.24. The molecule has 3 rings (SSSR count). The van der Waals surface area contributed by atoms with Gasteiger partial charge in [0, 0.05) is 18.7 Å². The second-order valence-corrected chi connectivity index (χ2v) is 6.61. The van der Waals surface area contributed by atoms with Gasteiger partial charge in [-0.25, -0.2) is 8.78 Å². The number of piperidine rings is 1. The summed E-state index contributed by atoms with van der Waals surface area (Å²) in [5, 5.41) is 6.14. The minimum absolute atomic E-state index is 0.0198. The largest absolute Gasteiger partial charge is 0.340 e. The van der Waals surface area contributed by atoms with Crippen LogP contribution in [0.5, 0.6) is 0 Å². The smallest absolute Gasteiger partial charge is 0.288 e. The van der Waals surface area contributed by atoms with Crippen molar-refractivity contribution >= 4 is 11.7 Å². The highest BCUT2D eigenvalue weighted by Crippen LogP contribution is 2.21. The minimum atomic E-state index is -1.04. The van der Waals surface area contributed by atoms with E-state index in [9.17, 15) is 18.4 Å². The topological polar surface area (TPSA) is 71.1 Å². The summed E-state index contributed by atoms with van der Waals surface area (Å²) in [6.45, 7) is 0.840. The van der Waals surface area contributed by atoms with E-state index in [0.717, 1.165) is 37.9 Å². The standard InChI is InChI=1S/C20H21F2N3O2/c21-14-8-7-13(11-15(14)22)12-18(26)20(27)25-19(16-5-1-3-9-23-16)17-6-2-4-10-24-17/h1,3,5,7-9,11,17,19,24H,2,4,6,10,12H2,(H,25,27). The Bertz CT molecular complexity index is 808. The highest BCUT2D eigenvalue weighted by Gasteiger charge is 2.29. The molecule has 2 heterocycles. The summed E-state index contributed by atoms with van der Waals surface area (Å²) in [4.78, 5) is 29.0. The third-order valence-electron chi connectivity index (χ3n) is 4.65. The molecule has 1 saturated heterocycles. The first-order valence-electron chi connectivity index (χ1n) is 8.96. The molecule has 1 aromatic heterocycles. The second kappa shape index (κ2) is 8.81. The maximum absolute atomic E-state index is 13.3. The van der Waals surface area contributed by atoms with Crippen LogP contribution in [0.4, 0.5) is 8.78 Å². The number of nitrogens with one attached hydrogen (secondary N) is 2. The molecule has 7 heteroatoms. The number of amides is 1. The van der Waals surface area contributed by atoms with E-state index in [2.05, 4.69) is 15.6 Å². The molecule has 0 aliphatic carbocycles. The highest BCUT2D eigenvalue weighted by molar-refractivity contribution is 6.36. The van der Waals surface area contributed by atoms with Gasteiger partial charge in [-0.05, 0) is 49.2 Å². The lowest BCUT2D eigenvalue weighted by Gasteiger charge is -2.31. The summed E-state index contributed by atoms with van der Waals surface area (Å²) in [5.41, 5.74) is 0.921. The zero-order chi connectivity index (χ0) is 19.2. The number of Topliss-reactive ketones (excluding diaryl/α,β-unsaturated/α-hetero) is 1. The molecule has 0 radical (unpaired) electrons. The van der Waals surface area contributed by atoms with Gasteiger partial charge in [0.25, 0.3) is 5.91 Å². The molecule has 27 heavy (non-hydrogen) atoms. The zero-order valence-electron chi connectivity index (χ0n) is 14.8. The van der Waals surface area contributed by atoms with Crippen molar-refractivity contribution in [1.82, 2.24) is 15.6 Å². The Balaban J connectivity index is 1.71. The van der Waals surface area contributed by atoms with E-state index >= 15 is 0 Å². The maximum atomic E-state index is 13.3. The van der Waals surface area contributed by atoms with Gasteiger partial charge in [0.1, 0.15) is 0 Å². The molecule has 0 spiro atoms. The molecule has 5 nitrogen and oxygen atoms in total. The normalized spacial score (nSPS) is 17.9. The van der Waals surface area contributed by atoms with Crippen LogP contribution in [0, 0.1) is 11.6 Å². The van der Waals surface area contributed by atoms with Gasteiger partial charge in [-0.15, -0.1) is 0 Å². The van der Waals surface area contributed by atoms with Gasteiger partial charge in [-0.1, -0.05) is 18.6 Å². The van der Waals surface area contributed by atoms with Crippen molar-refractivity contribution in [3.63, 3.8) is 0 Å². The third-order valence-corrected chi connectivity index (χ3v) is 4.65. The lowest BCUT2D eigenvalue weighted by molar-refractivity contribution is -0.138. The number of ketones is 1. The Hall–Kier alpha value is -2.67. The first-order valence-corrected chi connectivity index (χ1v) is 8.96. The first-order chi connectivity index (χ1) is 13.0. The summed E-state index contributed by atoms with van der Waals surface area (Å²) < 4.78 is 26.3. The van der Waals surface area contributed by atoms with Crippen LogP contribution in [-0.2, 0) is 16.0 Å². The summed E-state index contributed by atoms with van der Waals surface area (Å²) in [6.07, 6.45) is 4.30. The lowest BCUT2D eigenvalue weighted by atomic mass is 9.95. The van der Waals surface area contributed by atoms with Crippen LogP contribution in [0.2, 0.25) is 0 Å². The van der Waals surface area contributed by atoms with Crippen molar-refractivity contribution < 1.29 is 18.4 Å². The van der Waals surface area contributed by atoms with Crippen molar-refractivity contribution in [2.24, 2.45) is 0 Å². The number of rotatable bonds is 6. The molecule has 1 aromatic carbocycles. The molecule has 2 aromatic rings. The Morgan fingerprint density at radius 3 is 2.70 bits per heavy atom. The van der Waals surface area contributed by atoms with Gasteiger partial charge in [-0.3, -0.25) is 14.6 Å². The molecule has 1 aliphatic heterocycles. The van der Waals surface area contributed by atoms with E-state index in [0.29, 0.717) is 5.69 Å². The molecule has 142 valence electrons. The average Bonchev–Trinajstić information content (AvgIpc) is 2.70. The number of aromatic nitrogens is 1. The molecule has 0 saturated carbocycles. The van der Waals surface area contributed by atoms with E-state index in [1.165, 1.54) is 6.07 Å². The average molecular weight is 373 g/mol. The fourth-order valence-electron chi connectivity index (χ4n) is 3.24. The summed E-state index contributed by atoms with van der Waals surface area (Å²) in [6, 6.07) is 8.13. The van der Waals surface area contributed by atoms with Crippen LogP contribution >= 0.6 is 0 Å². The third kappa shape index (κ3) is 4.95. The van der Waals surface area contributed by atoms with Crippen molar-refractivity contribution in [1.29, 1.82) is 0 Å². The number of benzene rings is 1. The number of pyridine rings is 1. The number of halogens is 2. The fraction of sp³-hybridized carbons (Fsp3) is 0.350. The van der Waals surface area contributed by atoms with Crippen molar-refractivity contribution in [2.45, 2.75) is 37.8 Å². The quantitative estimate of drug-likeness (QED) is 0.763. The van der Waals surface area contributed by atoms with E-state index in [-0.39, 0.29) is 18.0 Å². The molecular formula is C20H21F2N3O2. The monoisotopic (exact) mass is 373 g/mol. The predicted molar refractivity (Wildman–Crippen MR) is 95.8 cm³/mol. The van der Waals surface area contributed by atoms with Crippen LogP contribution in [0.1, 0.15) is 36.6 Å². The summed E-state index contributed by atoms with van der Waals surface area (Å²) in [5.74, 6) is -3.51. The van der Waals surface area contributed by atoms with Crippen molar-refractivity contribution in [3.05, 3.63) is 65.5 Å². The van der Waals surface area contributed by atoms with Crippen molar-refractivity contribution in [3.8, 4) is 0 Å². The molecule has 1 aliphatic rings. The maximum Gasteiger partial charge on any atom is 0.288 e. The molecule has 2 unspecified atom stereocenters. The van der Waals surface area contributed by atoms with Gasteiger partial charge >= 0.3 is 0 Å². The molecule has 2 N–H and O–H groups in total. The van der Waals surface area contributed by atoms with Gasteiger partial charge in [-0.2, -0.15) is 0 Å².